The zero-order valence-electron chi connectivity index (χ0n) is 12.9. The van der Waals surface area contributed by atoms with Crippen molar-refractivity contribution in [2.45, 2.75) is 19.9 Å². The summed E-state index contributed by atoms with van der Waals surface area (Å²) in [6.45, 7) is 2.83. The number of fused-ring (bicyclic) bond motifs is 1. The van der Waals surface area contributed by atoms with Crippen molar-refractivity contribution in [1.82, 2.24) is 4.57 Å². The molecule has 1 heterocycles. The van der Waals surface area contributed by atoms with E-state index in [0.29, 0.717) is 24.2 Å². The third-order valence-corrected chi connectivity index (χ3v) is 3.81. The van der Waals surface area contributed by atoms with Gasteiger partial charge in [-0.2, -0.15) is 0 Å². The number of aromatic nitrogens is 1. The summed E-state index contributed by atoms with van der Waals surface area (Å²) < 4.78 is 6.69. The highest BCUT2D eigenvalue weighted by Gasteiger charge is 2.15. The van der Waals surface area contributed by atoms with Gasteiger partial charge in [0.15, 0.2) is 5.58 Å². The molecule has 0 atom stereocenters. The van der Waals surface area contributed by atoms with Crippen LogP contribution in [0.4, 0.5) is 5.69 Å². The van der Waals surface area contributed by atoms with E-state index in [1.807, 2.05) is 55.5 Å². The molecule has 0 unspecified atom stereocenters. The molecule has 0 spiro atoms. The summed E-state index contributed by atoms with van der Waals surface area (Å²) in [4.78, 5) is 26.1. The summed E-state index contributed by atoms with van der Waals surface area (Å²) in [5, 5.41) is 0. The van der Waals surface area contributed by atoms with Gasteiger partial charge in [-0.3, -0.25) is 9.36 Å². The van der Waals surface area contributed by atoms with Gasteiger partial charge >= 0.3 is 5.76 Å². The van der Waals surface area contributed by atoms with Gasteiger partial charge in [0.1, 0.15) is 0 Å². The molecular formula is C18H18N2O3. The second-order valence-electron chi connectivity index (χ2n) is 5.21. The molecule has 23 heavy (non-hydrogen) atoms. The number of hydrogen-bond acceptors (Lipinski definition) is 3. The number of nitrogens with zero attached hydrogens (tertiary/aromatic N) is 2. The zero-order valence-corrected chi connectivity index (χ0v) is 12.9. The van der Waals surface area contributed by atoms with Crippen LogP contribution in [0.15, 0.2) is 63.8 Å². The number of carbonyl (C=O) groups excluding carboxylic acids is 1. The lowest BCUT2D eigenvalue weighted by atomic mass is 10.2. The molecule has 0 saturated carbocycles. The molecule has 0 aliphatic rings. The van der Waals surface area contributed by atoms with E-state index in [-0.39, 0.29) is 12.3 Å². The largest absolute Gasteiger partial charge is 0.419 e. The molecule has 5 heteroatoms. The Balaban J connectivity index is 1.78. The fraction of sp³-hybridized carbons (Fsp3) is 0.222. The Morgan fingerprint density at radius 2 is 1.78 bits per heavy atom. The summed E-state index contributed by atoms with van der Waals surface area (Å²) in [7, 11) is 0. The van der Waals surface area contributed by atoms with E-state index < -0.39 is 5.76 Å². The van der Waals surface area contributed by atoms with Gasteiger partial charge < -0.3 is 9.32 Å². The van der Waals surface area contributed by atoms with Crippen molar-refractivity contribution < 1.29 is 9.21 Å². The molecule has 3 aromatic rings. The molecule has 118 valence electrons. The SMILES string of the molecule is CCN(C(=O)CCn1c(=O)oc2ccccc21)c1ccccc1. The number of rotatable bonds is 5. The van der Waals surface area contributed by atoms with Crippen LogP contribution in [0.5, 0.6) is 0 Å². The molecule has 1 aromatic heterocycles. The standard InChI is InChI=1S/C18H18N2O3/c1-2-19(14-8-4-3-5-9-14)17(21)12-13-20-15-10-6-7-11-16(15)23-18(20)22/h3-11H,2,12-13H2,1H3. The maximum Gasteiger partial charge on any atom is 0.419 e. The van der Waals surface area contributed by atoms with Crippen molar-refractivity contribution >= 4 is 22.7 Å². The lowest BCUT2D eigenvalue weighted by Crippen LogP contribution is -2.32. The van der Waals surface area contributed by atoms with Gasteiger partial charge in [0.2, 0.25) is 5.91 Å². The first-order chi connectivity index (χ1) is 11.2. The molecule has 0 saturated heterocycles. The van der Waals surface area contributed by atoms with Gasteiger partial charge in [-0.25, -0.2) is 4.79 Å². The lowest BCUT2D eigenvalue weighted by Gasteiger charge is -2.21. The normalized spacial score (nSPS) is 10.8. The molecule has 5 nitrogen and oxygen atoms in total. The van der Waals surface area contributed by atoms with Crippen molar-refractivity contribution in [1.29, 1.82) is 0 Å². The number of para-hydroxylation sites is 3. The molecule has 2 aromatic carbocycles. The van der Waals surface area contributed by atoms with Gasteiger partial charge in [-0.1, -0.05) is 30.3 Å². The molecule has 0 N–H and O–H groups in total. The summed E-state index contributed by atoms with van der Waals surface area (Å²) >= 11 is 0. The molecule has 0 bridgehead atoms. The average molecular weight is 310 g/mol. The molecule has 1 amide bonds. The van der Waals surface area contributed by atoms with Crippen LogP contribution in [0.2, 0.25) is 0 Å². The number of oxazole rings is 1. The highest BCUT2D eigenvalue weighted by atomic mass is 16.4. The quantitative estimate of drug-likeness (QED) is 0.728. The van der Waals surface area contributed by atoms with Crippen molar-refractivity contribution in [2.75, 3.05) is 11.4 Å². The maximum atomic E-state index is 12.5. The van der Waals surface area contributed by atoms with Crippen LogP contribution in [0, 0.1) is 0 Å². The Hall–Kier alpha value is -2.82. The smallest absolute Gasteiger partial charge is 0.408 e. The number of aryl methyl sites for hydroxylation is 1. The third kappa shape index (κ3) is 3.04. The van der Waals surface area contributed by atoms with Gasteiger partial charge in [-0.05, 0) is 31.2 Å². The number of anilines is 1. The number of hydrogen-bond donors (Lipinski definition) is 0. The van der Waals surface area contributed by atoms with Gasteiger partial charge in [-0.15, -0.1) is 0 Å². The van der Waals surface area contributed by atoms with Gasteiger partial charge in [0, 0.05) is 25.2 Å². The van der Waals surface area contributed by atoms with Crippen molar-refractivity contribution in [3.63, 3.8) is 0 Å². The monoisotopic (exact) mass is 310 g/mol. The van der Waals surface area contributed by atoms with E-state index in [0.717, 1.165) is 5.69 Å². The summed E-state index contributed by atoms with van der Waals surface area (Å²) in [5.41, 5.74) is 2.12. The van der Waals surface area contributed by atoms with Crippen LogP contribution >= 0.6 is 0 Å². The van der Waals surface area contributed by atoms with Crippen LogP contribution in [-0.2, 0) is 11.3 Å². The predicted octanol–water partition coefficient (Wildman–Crippen LogP) is 3.04. The molecule has 0 aliphatic carbocycles. The minimum absolute atomic E-state index is 0.0177. The predicted molar refractivity (Wildman–Crippen MR) is 89.6 cm³/mol. The number of carbonyl (C=O) groups is 1. The first kappa shape index (κ1) is 15.1. The van der Waals surface area contributed by atoms with E-state index in [2.05, 4.69) is 0 Å². The van der Waals surface area contributed by atoms with E-state index in [1.165, 1.54) is 4.57 Å². The maximum absolute atomic E-state index is 12.5. The number of amides is 1. The van der Waals surface area contributed by atoms with E-state index >= 15 is 0 Å². The minimum atomic E-state index is -0.429. The Kier molecular flexibility index (Phi) is 4.28. The Bertz CT molecular complexity index is 865. The zero-order chi connectivity index (χ0) is 16.2. The Morgan fingerprint density at radius 1 is 1.09 bits per heavy atom. The second kappa shape index (κ2) is 6.52. The van der Waals surface area contributed by atoms with E-state index in [4.69, 9.17) is 4.42 Å². The van der Waals surface area contributed by atoms with E-state index in [9.17, 15) is 9.59 Å². The van der Waals surface area contributed by atoms with Crippen LogP contribution in [0.1, 0.15) is 13.3 Å². The highest BCUT2D eigenvalue weighted by molar-refractivity contribution is 5.93. The fourth-order valence-electron chi connectivity index (χ4n) is 2.68. The van der Waals surface area contributed by atoms with E-state index in [1.54, 1.807) is 11.0 Å². The first-order valence-electron chi connectivity index (χ1n) is 7.64. The van der Waals surface area contributed by atoms with Gasteiger partial charge in [0.25, 0.3) is 0 Å². The highest BCUT2D eigenvalue weighted by Crippen LogP contribution is 2.16. The van der Waals surface area contributed by atoms with Crippen molar-refractivity contribution in [3.05, 3.63) is 65.1 Å². The Morgan fingerprint density at radius 3 is 2.52 bits per heavy atom. The van der Waals surface area contributed by atoms with Crippen LogP contribution in [0.25, 0.3) is 11.1 Å². The molecule has 0 aliphatic heterocycles. The first-order valence-corrected chi connectivity index (χ1v) is 7.64. The van der Waals surface area contributed by atoms with Crippen molar-refractivity contribution in [3.8, 4) is 0 Å². The summed E-state index contributed by atoms with van der Waals surface area (Å²) in [5.74, 6) is -0.447. The van der Waals surface area contributed by atoms with Crippen LogP contribution in [-0.4, -0.2) is 17.0 Å². The van der Waals surface area contributed by atoms with Crippen LogP contribution in [0.3, 0.4) is 0 Å². The molecule has 0 fully saturated rings. The number of benzene rings is 2. The minimum Gasteiger partial charge on any atom is -0.408 e. The third-order valence-electron chi connectivity index (χ3n) is 3.81. The molecule has 3 rings (SSSR count). The van der Waals surface area contributed by atoms with Gasteiger partial charge in [0.05, 0.1) is 5.52 Å². The van der Waals surface area contributed by atoms with Crippen LogP contribution < -0.4 is 10.7 Å². The molecule has 0 radical (unpaired) electrons. The van der Waals surface area contributed by atoms with Crippen molar-refractivity contribution in [2.24, 2.45) is 0 Å². The summed E-state index contributed by atoms with van der Waals surface area (Å²) in [6, 6.07) is 16.8. The fourth-order valence-corrected chi connectivity index (χ4v) is 2.68. The average Bonchev–Trinajstić information content (AvgIpc) is 2.90. The Labute approximate surface area is 133 Å². The topological polar surface area (TPSA) is 55.5 Å². The second-order valence-corrected chi connectivity index (χ2v) is 5.21. The lowest BCUT2D eigenvalue weighted by molar-refractivity contribution is -0.118. The summed E-state index contributed by atoms with van der Waals surface area (Å²) in [6.07, 6.45) is 0.242. The molecular weight excluding hydrogens is 292 g/mol.